The van der Waals surface area contributed by atoms with Gasteiger partial charge in [0.15, 0.2) is 12.4 Å². The lowest BCUT2D eigenvalue weighted by atomic mass is 9.95. The van der Waals surface area contributed by atoms with Gasteiger partial charge in [0, 0.05) is 36.5 Å². The Labute approximate surface area is 159 Å². The number of nitrogens with zero attached hydrogens (tertiary/aromatic N) is 4. The van der Waals surface area contributed by atoms with E-state index in [1.807, 2.05) is 6.92 Å². The topological polar surface area (TPSA) is 85.1 Å². The highest BCUT2D eigenvalue weighted by Gasteiger charge is 2.26. The van der Waals surface area contributed by atoms with Crippen molar-refractivity contribution in [2.24, 2.45) is 0 Å². The quantitative estimate of drug-likeness (QED) is 0.659. The molecule has 1 fully saturated rings. The van der Waals surface area contributed by atoms with Gasteiger partial charge in [-0.1, -0.05) is 0 Å². The van der Waals surface area contributed by atoms with E-state index in [0.717, 1.165) is 50.4 Å². The van der Waals surface area contributed by atoms with E-state index in [2.05, 4.69) is 15.2 Å². The van der Waals surface area contributed by atoms with Crippen LogP contribution >= 0.6 is 0 Å². The molecule has 27 heavy (non-hydrogen) atoms. The third-order valence-electron chi connectivity index (χ3n) is 5.44. The first-order chi connectivity index (χ1) is 13.1. The van der Waals surface area contributed by atoms with Gasteiger partial charge in [-0.2, -0.15) is 4.73 Å². The smallest absolute Gasteiger partial charge is 0.257 e. The summed E-state index contributed by atoms with van der Waals surface area (Å²) in [7, 11) is 0. The maximum Gasteiger partial charge on any atom is 0.257 e. The molecule has 7 heteroatoms. The molecule has 0 atom stereocenters. The molecule has 142 valence electrons. The van der Waals surface area contributed by atoms with Crippen LogP contribution in [-0.4, -0.2) is 35.0 Å². The normalized spacial score (nSPS) is 17.4. The summed E-state index contributed by atoms with van der Waals surface area (Å²) in [5, 5.41) is 14.4. The highest BCUT2D eigenvalue weighted by molar-refractivity contribution is 5.93. The summed E-state index contributed by atoms with van der Waals surface area (Å²) in [5.74, 6) is 1.75. The summed E-state index contributed by atoms with van der Waals surface area (Å²) in [6.45, 7) is 3.70. The molecule has 1 aliphatic carbocycles. The molecule has 0 unspecified atom stereocenters. The number of carbonyl (C=O) groups excluding carboxylic acids is 1. The number of anilines is 1. The Hall–Kier alpha value is -2.70. The molecule has 1 N–H and O–H groups in total. The highest BCUT2D eigenvalue weighted by atomic mass is 16.5. The second kappa shape index (κ2) is 7.50. The zero-order valence-corrected chi connectivity index (χ0v) is 15.6. The van der Waals surface area contributed by atoms with Crippen LogP contribution in [0.4, 0.5) is 5.82 Å². The first kappa shape index (κ1) is 17.7. The van der Waals surface area contributed by atoms with Crippen molar-refractivity contribution in [2.45, 2.75) is 51.5 Å². The molecule has 0 spiro atoms. The van der Waals surface area contributed by atoms with Crippen molar-refractivity contribution in [3.8, 4) is 0 Å². The number of hydrogen-bond donors (Lipinski definition) is 1. The first-order valence-corrected chi connectivity index (χ1v) is 9.71. The van der Waals surface area contributed by atoms with E-state index in [0.29, 0.717) is 10.3 Å². The highest BCUT2D eigenvalue weighted by Crippen LogP contribution is 2.29. The van der Waals surface area contributed by atoms with Gasteiger partial charge in [0.2, 0.25) is 0 Å². The van der Waals surface area contributed by atoms with Crippen LogP contribution in [0.2, 0.25) is 0 Å². The molecular formula is C20H25N5O2. The van der Waals surface area contributed by atoms with Gasteiger partial charge in [-0.3, -0.25) is 4.79 Å². The summed E-state index contributed by atoms with van der Waals surface area (Å²) in [6, 6.07) is 3.37. The molecule has 2 aromatic rings. The molecule has 7 nitrogen and oxygen atoms in total. The van der Waals surface area contributed by atoms with Gasteiger partial charge in [-0.05, 0) is 51.5 Å². The Morgan fingerprint density at radius 1 is 1.26 bits per heavy atom. The molecule has 0 saturated carbocycles. The van der Waals surface area contributed by atoms with Crippen molar-refractivity contribution in [1.82, 2.24) is 15.3 Å². The molecule has 2 aliphatic rings. The van der Waals surface area contributed by atoms with Crippen LogP contribution in [-0.2, 0) is 12.8 Å². The van der Waals surface area contributed by atoms with E-state index in [4.69, 9.17) is 4.98 Å². The lowest BCUT2D eigenvalue weighted by Crippen LogP contribution is -2.45. The van der Waals surface area contributed by atoms with Crippen LogP contribution in [0.1, 0.15) is 53.1 Å². The van der Waals surface area contributed by atoms with E-state index in [-0.39, 0.29) is 11.9 Å². The molecule has 0 bridgehead atoms. The molecule has 1 aliphatic heterocycles. The van der Waals surface area contributed by atoms with Crippen molar-refractivity contribution >= 4 is 11.7 Å². The Kier molecular flexibility index (Phi) is 4.92. The number of fused-ring (bicyclic) bond motifs is 1. The van der Waals surface area contributed by atoms with Crippen LogP contribution in [0.15, 0.2) is 24.5 Å². The van der Waals surface area contributed by atoms with Gasteiger partial charge < -0.3 is 15.4 Å². The molecule has 2 aromatic heterocycles. The van der Waals surface area contributed by atoms with E-state index in [1.165, 1.54) is 36.5 Å². The fraction of sp³-hybridized carbons (Fsp3) is 0.500. The summed E-state index contributed by atoms with van der Waals surface area (Å²) in [5.41, 5.74) is 2.93. The predicted octanol–water partition coefficient (Wildman–Crippen LogP) is 1.70. The maximum atomic E-state index is 12.4. The molecular weight excluding hydrogens is 342 g/mol. The molecule has 0 radical (unpaired) electrons. The number of piperidine rings is 1. The van der Waals surface area contributed by atoms with Gasteiger partial charge in [0.25, 0.3) is 5.91 Å². The zero-order chi connectivity index (χ0) is 18.8. The minimum atomic E-state index is -0.186. The molecule has 1 amide bonds. The van der Waals surface area contributed by atoms with Crippen molar-refractivity contribution in [3.63, 3.8) is 0 Å². The largest absolute Gasteiger partial charge is 0.619 e. The lowest BCUT2D eigenvalue weighted by molar-refractivity contribution is -0.605. The van der Waals surface area contributed by atoms with Gasteiger partial charge in [-0.15, -0.1) is 0 Å². The number of amides is 1. The molecule has 1 saturated heterocycles. The number of rotatable bonds is 3. The van der Waals surface area contributed by atoms with Gasteiger partial charge >= 0.3 is 0 Å². The zero-order valence-electron chi connectivity index (χ0n) is 15.6. The van der Waals surface area contributed by atoms with Gasteiger partial charge in [0.1, 0.15) is 17.2 Å². The Morgan fingerprint density at radius 2 is 2.04 bits per heavy atom. The summed E-state index contributed by atoms with van der Waals surface area (Å²) >= 11 is 0. The molecule has 4 rings (SSSR count). The van der Waals surface area contributed by atoms with Crippen LogP contribution in [0.25, 0.3) is 0 Å². The second-order valence-electron chi connectivity index (χ2n) is 7.41. The minimum Gasteiger partial charge on any atom is -0.619 e. The first-order valence-electron chi connectivity index (χ1n) is 9.71. The van der Waals surface area contributed by atoms with Crippen LogP contribution in [0, 0.1) is 12.1 Å². The fourth-order valence-electron chi connectivity index (χ4n) is 4.05. The van der Waals surface area contributed by atoms with Crippen molar-refractivity contribution in [3.05, 3.63) is 52.4 Å². The minimum absolute atomic E-state index is 0.118. The monoisotopic (exact) mass is 367 g/mol. The Bertz CT molecular complexity index is 846. The number of aromatic nitrogens is 3. The molecule has 3 heterocycles. The van der Waals surface area contributed by atoms with Crippen molar-refractivity contribution < 1.29 is 9.52 Å². The van der Waals surface area contributed by atoms with Gasteiger partial charge in [0.05, 0.1) is 0 Å². The van der Waals surface area contributed by atoms with Crippen LogP contribution < -0.4 is 14.9 Å². The number of carbonyl (C=O) groups is 1. The number of hydrogen-bond acceptors (Lipinski definition) is 5. The van der Waals surface area contributed by atoms with E-state index in [1.54, 1.807) is 12.1 Å². The third-order valence-corrected chi connectivity index (χ3v) is 5.44. The Balaban J connectivity index is 1.41. The summed E-state index contributed by atoms with van der Waals surface area (Å²) in [6.07, 6.45) is 8.94. The average molecular weight is 367 g/mol. The third kappa shape index (κ3) is 3.86. The van der Waals surface area contributed by atoms with Crippen molar-refractivity contribution in [2.75, 3.05) is 18.0 Å². The summed E-state index contributed by atoms with van der Waals surface area (Å²) in [4.78, 5) is 24.1. The van der Waals surface area contributed by atoms with Crippen molar-refractivity contribution in [1.29, 1.82) is 0 Å². The van der Waals surface area contributed by atoms with E-state index in [9.17, 15) is 10.0 Å². The second-order valence-corrected chi connectivity index (χ2v) is 7.41. The van der Waals surface area contributed by atoms with E-state index < -0.39 is 0 Å². The SMILES string of the molecule is Cc1nc2c(c(N3CCC(NC(=O)c4ccc[n+]([O-])c4)CC3)n1)CCCC2. The number of nitrogens with one attached hydrogen (secondary N) is 1. The predicted molar refractivity (Wildman–Crippen MR) is 102 cm³/mol. The lowest BCUT2D eigenvalue weighted by Gasteiger charge is -2.35. The Morgan fingerprint density at radius 3 is 2.81 bits per heavy atom. The number of aryl methyl sites for hydroxylation is 2. The number of pyridine rings is 1. The fourth-order valence-corrected chi connectivity index (χ4v) is 4.05. The molecule has 0 aromatic carbocycles. The maximum absolute atomic E-state index is 12.4. The van der Waals surface area contributed by atoms with Gasteiger partial charge in [-0.25, -0.2) is 9.97 Å². The van der Waals surface area contributed by atoms with Crippen LogP contribution in [0.5, 0.6) is 0 Å². The average Bonchev–Trinajstić information content (AvgIpc) is 2.68. The summed E-state index contributed by atoms with van der Waals surface area (Å²) < 4.78 is 0.651. The van der Waals surface area contributed by atoms with Crippen LogP contribution in [0.3, 0.4) is 0 Å². The van der Waals surface area contributed by atoms with E-state index >= 15 is 0 Å². The standard InChI is InChI=1S/C20H25N5O2/c1-14-21-18-7-3-2-6-17(18)19(22-14)24-11-8-16(9-12-24)23-20(26)15-5-4-10-25(27)13-15/h4-5,10,13,16H,2-3,6-9,11-12H2,1H3,(H,23,26).